The Morgan fingerprint density at radius 2 is 1.50 bits per heavy atom. The highest BCUT2D eigenvalue weighted by atomic mass is 16.8. The van der Waals surface area contributed by atoms with Crippen LogP contribution in [0.2, 0.25) is 0 Å². The average Bonchev–Trinajstić information content (AvgIpc) is 3.62. The molecule has 3 aliphatic heterocycles. The summed E-state index contributed by atoms with van der Waals surface area (Å²) in [5.41, 5.74) is -3.22. The van der Waals surface area contributed by atoms with Gasteiger partial charge in [-0.05, 0) is 77.2 Å². The van der Waals surface area contributed by atoms with Gasteiger partial charge in [0.2, 0.25) is 0 Å². The number of Topliss-reactive ketones (excluding diaryl/α,β-unsaturated/α-hetero) is 2. The van der Waals surface area contributed by atoms with E-state index in [0.717, 1.165) is 5.56 Å². The molecule has 18 nitrogen and oxygen atoms in total. The van der Waals surface area contributed by atoms with E-state index in [1.807, 2.05) is 44.2 Å². The first-order chi connectivity index (χ1) is 32.3. The van der Waals surface area contributed by atoms with Crippen molar-refractivity contribution in [1.29, 1.82) is 0 Å². The number of methoxy groups -OCH3 is 2. The van der Waals surface area contributed by atoms with E-state index in [1.54, 1.807) is 27.0 Å². The number of carbonyl (C=O) groups excluding carboxylic acids is 4. The van der Waals surface area contributed by atoms with Crippen LogP contribution in [0.25, 0.3) is 6.08 Å². The van der Waals surface area contributed by atoms with Gasteiger partial charge in [-0.3, -0.25) is 14.4 Å². The van der Waals surface area contributed by atoms with E-state index in [9.17, 15) is 44.7 Å². The second kappa shape index (κ2) is 21.6. The summed E-state index contributed by atoms with van der Waals surface area (Å²) in [5, 5.41) is 53.3. The highest BCUT2D eigenvalue weighted by Crippen LogP contribution is 2.57. The van der Waals surface area contributed by atoms with Crippen molar-refractivity contribution in [2.75, 3.05) is 20.8 Å². The van der Waals surface area contributed by atoms with Gasteiger partial charge < -0.3 is 68.2 Å². The van der Waals surface area contributed by atoms with Crippen molar-refractivity contribution in [3.8, 4) is 0 Å². The topological polar surface area (TPSA) is 252 Å². The lowest BCUT2D eigenvalue weighted by Crippen LogP contribution is -2.62. The monoisotopic (exact) mass is 958 g/mol. The number of esters is 1. The number of aliphatic hydroxyl groups excluding tert-OH is 4. The molecule has 5 fully saturated rings. The van der Waals surface area contributed by atoms with Crippen molar-refractivity contribution in [2.45, 2.75) is 184 Å². The Bertz CT molecular complexity index is 1990. The molecule has 1 aromatic rings. The van der Waals surface area contributed by atoms with Gasteiger partial charge in [0, 0.05) is 63.2 Å². The Hall–Kier alpha value is -3.34. The molecule has 7 rings (SSSR count). The molecule has 6 aliphatic rings. The first-order valence-electron chi connectivity index (χ1n) is 23.8. The second-order valence-corrected chi connectivity index (χ2v) is 19.9. The number of hydrogen-bond donors (Lipinski definition) is 5. The van der Waals surface area contributed by atoms with Crippen LogP contribution in [-0.4, -0.2) is 167 Å². The van der Waals surface area contributed by atoms with Crippen LogP contribution in [0.15, 0.2) is 48.6 Å². The summed E-state index contributed by atoms with van der Waals surface area (Å²) in [7, 11) is 3.05. The van der Waals surface area contributed by atoms with E-state index in [4.69, 9.17) is 42.6 Å². The van der Waals surface area contributed by atoms with Crippen molar-refractivity contribution >= 4 is 29.4 Å². The predicted octanol–water partition coefficient (Wildman–Crippen LogP) is 2.51. The fourth-order valence-corrected chi connectivity index (χ4v) is 11.6. The molecule has 0 radical (unpaired) electrons. The summed E-state index contributed by atoms with van der Waals surface area (Å²) in [6.45, 7) is 7.89. The fourth-order valence-electron chi connectivity index (χ4n) is 11.6. The molecule has 378 valence electrons. The Kier molecular flexibility index (Phi) is 16.6. The number of hydrogen-bond acceptors (Lipinski definition) is 18. The van der Waals surface area contributed by atoms with Gasteiger partial charge in [0.05, 0.1) is 48.1 Å². The fraction of sp³-hybridized carbons (Fsp3) is 0.720. The minimum Gasteiger partial charge on any atom is -0.458 e. The van der Waals surface area contributed by atoms with E-state index in [2.05, 4.69) is 0 Å². The van der Waals surface area contributed by atoms with Crippen LogP contribution in [-0.2, 0) is 61.8 Å². The van der Waals surface area contributed by atoms with Gasteiger partial charge in [0.15, 0.2) is 24.7 Å². The van der Waals surface area contributed by atoms with Gasteiger partial charge in [-0.25, -0.2) is 4.79 Å². The molecule has 68 heavy (non-hydrogen) atoms. The Labute approximate surface area is 397 Å². The van der Waals surface area contributed by atoms with Gasteiger partial charge in [0.1, 0.15) is 54.3 Å². The molecule has 3 heterocycles. The predicted molar refractivity (Wildman–Crippen MR) is 239 cm³/mol. The van der Waals surface area contributed by atoms with Gasteiger partial charge in [-0.1, -0.05) is 37.3 Å². The zero-order valence-electron chi connectivity index (χ0n) is 39.9. The van der Waals surface area contributed by atoms with Crippen molar-refractivity contribution in [3.05, 3.63) is 54.1 Å². The SMILES string of the molecule is CO[C@H]1C[C@H](O[C@H]2CC[C@]3(C)[C@@H](C[C@@H](OC(=O)C=Cc4ccccc4)[C@@]4(C)C(=O)CC[C@@H]4C(C)=O)C(=O)C=C[C@]3(O)C2)O[C@H](C)[C@H]1O[C@H]1C[C@H](OC)[C@H](O[C@@H]2O[C@H](CO)[C@@H](O)[C@H](O)[C@H]2O)[C@@H](C)O1. The molecule has 0 unspecified atom stereocenters. The van der Waals surface area contributed by atoms with Crippen molar-refractivity contribution in [3.63, 3.8) is 0 Å². The van der Waals surface area contributed by atoms with Gasteiger partial charge in [-0.15, -0.1) is 0 Å². The van der Waals surface area contributed by atoms with Crippen LogP contribution in [0.4, 0.5) is 0 Å². The third kappa shape index (κ3) is 10.5. The van der Waals surface area contributed by atoms with Gasteiger partial charge in [0.25, 0.3) is 0 Å². The highest BCUT2D eigenvalue weighted by Gasteiger charge is 2.62. The van der Waals surface area contributed by atoms with Crippen LogP contribution in [0.5, 0.6) is 0 Å². The van der Waals surface area contributed by atoms with E-state index in [0.29, 0.717) is 19.3 Å². The molecule has 0 aromatic heterocycles. The molecule has 20 atom stereocenters. The van der Waals surface area contributed by atoms with Gasteiger partial charge in [-0.2, -0.15) is 0 Å². The second-order valence-electron chi connectivity index (χ2n) is 19.9. The number of allylic oxidation sites excluding steroid dienone is 1. The molecular weight excluding hydrogens is 889 g/mol. The number of rotatable bonds is 16. The van der Waals surface area contributed by atoms with E-state index >= 15 is 0 Å². The molecule has 2 saturated carbocycles. The molecule has 3 aliphatic carbocycles. The quantitative estimate of drug-likeness (QED) is 0.118. The number of aliphatic hydroxyl groups is 5. The zero-order chi connectivity index (χ0) is 49.3. The van der Waals surface area contributed by atoms with Crippen LogP contribution in [0.1, 0.15) is 91.5 Å². The van der Waals surface area contributed by atoms with Crippen molar-refractivity contribution in [1.82, 2.24) is 0 Å². The lowest BCUT2D eigenvalue weighted by Gasteiger charge is -2.55. The molecule has 3 saturated heterocycles. The first-order valence-corrected chi connectivity index (χ1v) is 23.8. The minimum atomic E-state index is -1.61. The summed E-state index contributed by atoms with van der Waals surface area (Å²) in [4.78, 5) is 54.2. The number of carbonyl (C=O) groups is 4. The maximum Gasteiger partial charge on any atom is 0.331 e. The van der Waals surface area contributed by atoms with E-state index in [1.165, 1.54) is 32.3 Å². The van der Waals surface area contributed by atoms with Crippen molar-refractivity contribution in [2.24, 2.45) is 22.7 Å². The number of ketones is 3. The summed E-state index contributed by atoms with van der Waals surface area (Å²) in [6.07, 6.45) is -6.74. The zero-order valence-corrected chi connectivity index (χ0v) is 39.9. The van der Waals surface area contributed by atoms with Crippen LogP contribution >= 0.6 is 0 Å². The van der Waals surface area contributed by atoms with Crippen LogP contribution in [0.3, 0.4) is 0 Å². The van der Waals surface area contributed by atoms with Crippen molar-refractivity contribution < 1.29 is 87.3 Å². The summed E-state index contributed by atoms with van der Waals surface area (Å²) >= 11 is 0. The summed E-state index contributed by atoms with van der Waals surface area (Å²) in [5.74, 6) is -2.97. The van der Waals surface area contributed by atoms with Gasteiger partial charge >= 0.3 is 5.97 Å². The Balaban J connectivity index is 0.993. The number of ether oxygens (including phenoxy) is 9. The molecule has 1 aromatic carbocycles. The molecule has 0 spiro atoms. The summed E-state index contributed by atoms with van der Waals surface area (Å²) < 4.78 is 55.1. The van der Waals surface area contributed by atoms with Crippen LogP contribution in [0, 0.1) is 22.7 Å². The standard InChI is InChI=1S/C50H70O18/c1-26(52)31-14-15-37(54)49(31,5)38(66-39(55)16-13-29-11-9-8-10-12-29)21-32-33(53)18-20-50(59)24-30(17-19-48(32,50)4)64-40-22-34(60-6)45(27(2)62-40)67-41-23-35(61-7)46(28(3)63-41)68-47-44(58)43(57)42(56)36(25-51)65-47/h8-13,16,18,20,27-28,30-32,34-36,38,40-47,51,56-59H,14-15,17,19,21-25H2,1-7H3/t27-,28-,30+,31-,32+,34+,35+,36-,38-,40+,41+,42-,43+,44-,45-,46-,47+,48-,49-,50+/m1/s1. The number of fused-ring (bicyclic) bond motifs is 1. The maximum absolute atomic E-state index is 14.0. The van der Waals surface area contributed by atoms with E-state index < -0.39 is 133 Å². The Morgan fingerprint density at radius 3 is 2.12 bits per heavy atom. The molecule has 0 bridgehead atoms. The molecular formula is C50H70O18. The highest BCUT2D eigenvalue weighted by molar-refractivity contribution is 5.97. The molecule has 0 amide bonds. The molecule has 18 heteroatoms. The third-order valence-corrected chi connectivity index (χ3v) is 15.9. The normalized spacial score (nSPS) is 43.6. The first kappa shape index (κ1) is 52.5. The average molecular weight is 959 g/mol. The smallest absolute Gasteiger partial charge is 0.331 e. The number of benzene rings is 1. The molecule has 5 N–H and O–H groups in total. The Morgan fingerprint density at radius 1 is 0.868 bits per heavy atom. The largest absolute Gasteiger partial charge is 0.458 e. The lowest BCUT2D eigenvalue weighted by atomic mass is 9.52. The van der Waals surface area contributed by atoms with Crippen LogP contribution < -0.4 is 0 Å². The van der Waals surface area contributed by atoms with E-state index in [-0.39, 0.29) is 49.5 Å². The third-order valence-electron chi connectivity index (χ3n) is 15.9. The minimum absolute atomic E-state index is 0.0782. The maximum atomic E-state index is 14.0. The lowest BCUT2D eigenvalue weighted by molar-refractivity contribution is -0.354. The summed E-state index contributed by atoms with van der Waals surface area (Å²) in [6, 6.07) is 9.17.